The molecule has 1 aromatic rings. The van der Waals surface area contributed by atoms with Gasteiger partial charge in [0.15, 0.2) is 0 Å². The molecule has 0 bridgehead atoms. The highest BCUT2D eigenvalue weighted by Crippen LogP contribution is 2.22. The second kappa shape index (κ2) is 6.67. The Labute approximate surface area is 122 Å². The van der Waals surface area contributed by atoms with E-state index in [4.69, 9.17) is 10.8 Å². The van der Waals surface area contributed by atoms with Gasteiger partial charge in [0.1, 0.15) is 5.82 Å². The van der Waals surface area contributed by atoms with Crippen LogP contribution in [0.3, 0.4) is 0 Å². The maximum absolute atomic E-state index is 13.8. The summed E-state index contributed by atoms with van der Waals surface area (Å²) in [5, 5.41) is 8.85. The number of piperidine rings is 1. The molecule has 1 aromatic carbocycles. The molecule has 1 unspecified atom stereocenters. The number of likely N-dealkylation sites (tertiary alicyclic amines) is 1. The Hall–Kier alpha value is -1.95. The van der Waals surface area contributed by atoms with Gasteiger partial charge in [0.2, 0.25) is 5.91 Å². The summed E-state index contributed by atoms with van der Waals surface area (Å²) < 4.78 is 13.8. The summed E-state index contributed by atoms with van der Waals surface area (Å²) in [5.74, 6) is -1.67. The average Bonchev–Trinajstić information content (AvgIpc) is 2.40. The number of carboxylic acids is 1. The van der Waals surface area contributed by atoms with E-state index in [9.17, 15) is 14.0 Å². The molecule has 2 rings (SSSR count). The highest BCUT2D eigenvalue weighted by molar-refractivity contribution is 5.92. The number of aliphatic carboxylic acids is 1. The van der Waals surface area contributed by atoms with Gasteiger partial charge in [0.25, 0.3) is 0 Å². The predicted octanol–water partition coefficient (Wildman–Crippen LogP) is 1.61. The number of halogens is 1. The molecule has 1 atom stereocenters. The van der Waals surface area contributed by atoms with E-state index in [1.54, 1.807) is 0 Å². The van der Waals surface area contributed by atoms with Crippen molar-refractivity contribution in [2.75, 3.05) is 13.1 Å². The summed E-state index contributed by atoms with van der Waals surface area (Å²) in [7, 11) is 0. The van der Waals surface area contributed by atoms with Gasteiger partial charge in [-0.1, -0.05) is 0 Å². The number of nitrogens with zero attached hydrogens (tertiary/aromatic N) is 1. The van der Waals surface area contributed by atoms with Crippen LogP contribution in [0.2, 0.25) is 0 Å². The minimum Gasteiger partial charge on any atom is -0.481 e. The van der Waals surface area contributed by atoms with Crippen molar-refractivity contribution in [2.24, 2.45) is 11.7 Å². The van der Waals surface area contributed by atoms with Gasteiger partial charge in [-0.25, -0.2) is 4.39 Å². The van der Waals surface area contributed by atoms with Crippen molar-refractivity contribution in [1.29, 1.82) is 0 Å². The fourth-order valence-electron chi connectivity index (χ4n) is 2.80. The van der Waals surface area contributed by atoms with Crippen molar-refractivity contribution in [2.45, 2.75) is 25.8 Å². The second-order valence-electron chi connectivity index (χ2n) is 5.51. The Balaban J connectivity index is 2.05. The molecule has 1 aliphatic rings. The molecule has 6 heteroatoms. The van der Waals surface area contributed by atoms with Crippen LogP contribution in [0.15, 0.2) is 18.2 Å². The average molecular weight is 294 g/mol. The van der Waals surface area contributed by atoms with E-state index < -0.39 is 11.9 Å². The van der Waals surface area contributed by atoms with Crippen LogP contribution in [0, 0.1) is 11.7 Å². The Morgan fingerprint density at radius 2 is 2.19 bits per heavy atom. The number of carbonyl (C=O) groups excluding carboxylic acids is 1. The van der Waals surface area contributed by atoms with Crippen molar-refractivity contribution in [1.82, 2.24) is 4.90 Å². The lowest BCUT2D eigenvalue weighted by atomic mass is 9.94. The zero-order valence-corrected chi connectivity index (χ0v) is 11.7. The molecule has 0 saturated carbocycles. The molecule has 0 radical (unpaired) electrons. The maximum Gasteiger partial charge on any atom is 0.303 e. The minimum atomic E-state index is -0.802. The van der Waals surface area contributed by atoms with Gasteiger partial charge in [-0.05, 0) is 43.5 Å². The Kier molecular flexibility index (Phi) is 4.90. The highest BCUT2D eigenvalue weighted by atomic mass is 19.1. The smallest absolute Gasteiger partial charge is 0.303 e. The standard InChI is InChI=1S/C15H19FN2O3/c16-13-4-3-11(15(17)21)7-12(13)9-18-5-1-2-10(8-18)6-14(19)20/h3-4,7,10H,1-2,5-6,8-9H2,(H2,17,21)(H,19,20). The minimum absolute atomic E-state index is 0.0960. The third kappa shape index (κ3) is 4.26. The lowest BCUT2D eigenvalue weighted by Crippen LogP contribution is -2.36. The van der Waals surface area contributed by atoms with Crippen molar-refractivity contribution in [3.05, 3.63) is 35.1 Å². The third-order valence-corrected chi connectivity index (χ3v) is 3.79. The summed E-state index contributed by atoms with van der Waals surface area (Å²) in [5.41, 5.74) is 5.90. The number of primary amides is 1. The van der Waals surface area contributed by atoms with E-state index in [0.717, 1.165) is 19.4 Å². The number of carbonyl (C=O) groups is 2. The van der Waals surface area contributed by atoms with Crippen molar-refractivity contribution < 1.29 is 19.1 Å². The van der Waals surface area contributed by atoms with Crippen LogP contribution in [0.1, 0.15) is 35.2 Å². The van der Waals surface area contributed by atoms with Crippen LogP contribution in [0.5, 0.6) is 0 Å². The number of rotatable bonds is 5. The molecular formula is C15H19FN2O3. The molecule has 3 N–H and O–H groups in total. The van der Waals surface area contributed by atoms with E-state index in [0.29, 0.717) is 18.7 Å². The normalized spacial score (nSPS) is 19.4. The molecule has 0 aromatic heterocycles. The fraction of sp³-hybridized carbons (Fsp3) is 0.467. The van der Waals surface area contributed by atoms with E-state index in [1.807, 2.05) is 4.90 Å². The van der Waals surface area contributed by atoms with Crippen molar-refractivity contribution in [3.8, 4) is 0 Å². The molecule has 1 heterocycles. The maximum atomic E-state index is 13.8. The number of nitrogens with two attached hydrogens (primary N) is 1. The molecule has 1 fully saturated rings. The van der Waals surface area contributed by atoms with E-state index in [1.165, 1.54) is 18.2 Å². The molecule has 114 valence electrons. The highest BCUT2D eigenvalue weighted by Gasteiger charge is 2.22. The lowest BCUT2D eigenvalue weighted by Gasteiger charge is -2.32. The quantitative estimate of drug-likeness (QED) is 0.864. The van der Waals surface area contributed by atoms with Gasteiger partial charge < -0.3 is 10.8 Å². The van der Waals surface area contributed by atoms with Crippen LogP contribution >= 0.6 is 0 Å². The van der Waals surface area contributed by atoms with Gasteiger partial charge in [0.05, 0.1) is 0 Å². The van der Waals surface area contributed by atoms with Crippen LogP contribution in [-0.4, -0.2) is 35.0 Å². The Morgan fingerprint density at radius 1 is 1.43 bits per heavy atom. The largest absolute Gasteiger partial charge is 0.481 e. The van der Waals surface area contributed by atoms with Gasteiger partial charge in [-0.2, -0.15) is 0 Å². The number of benzene rings is 1. The summed E-state index contributed by atoms with van der Waals surface area (Å²) in [6.45, 7) is 1.80. The molecule has 1 amide bonds. The summed E-state index contributed by atoms with van der Waals surface area (Å²) in [4.78, 5) is 24.0. The zero-order chi connectivity index (χ0) is 15.4. The second-order valence-corrected chi connectivity index (χ2v) is 5.51. The van der Waals surface area contributed by atoms with E-state index in [-0.39, 0.29) is 23.7 Å². The molecule has 1 aliphatic heterocycles. The summed E-state index contributed by atoms with van der Waals surface area (Å²) in [6, 6.07) is 4.08. The monoisotopic (exact) mass is 294 g/mol. The predicted molar refractivity (Wildman–Crippen MR) is 75.2 cm³/mol. The van der Waals surface area contributed by atoms with Gasteiger partial charge in [-0.3, -0.25) is 14.5 Å². The van der Waals surface area contributed by atoms with Crippen LogP contribution in [0.4, 0.5) is 4.39 Å². The van der Waals surface area contributed by atoms with Crippen molar-refractivity contribution in [3.63, 3.8) is 0 Å². The Morgan fingerprint density at radius 3 is 2.86 bits per heavy atom. The lowest BCUT2D eigenvalue weighted by molar-refractivity contribution is -0.138. The topological polar surface area (TPSA) is 83.6 Å². The number of amides is 1. The number of carboxylic acid groups (broad SMARTS) is 1. The van der Waals surface area contributed by atoms with Crippen LogP contribution in [-0.2, 0) is 11.3 Å². The Bertz CT molecular complexity index is 548. The molecule has 0 aliphatic carbocycles. The number of hydrogen-bond donors (Lipinski definition) is 2. The van der Waals surface area contributed by atoms with Gasteiger partial charge >= 0.3 is 5.97 Å². The van der Waals surface area contributed by atoms with Crippen LogP contribution in [0.25, 0.3) is 0 Å². The molecule has 1 saturated heterocycles. The van der Waals surface area contributed by atoms with Crippen LogP contribution < -0.4 is 5.73 Å². The SMILES string of the molecule is NC(=O)c1ccc(F)c(CN2CCCC(CC(=O)O)C2)c1. The molecule has 0 spiro atoms. The number of hydrogen-bond acceptors (Lipinski definition) is 3. The first-order valence-corrected chi connectivity index (χ1v) is 6.98. The first kappa shape index (κ1) is 15.4. The molecular weight excluding hydrogens is 275 g/mol. The first-order chi connectivity index (χ1) is 9.95. The third-order valence-electron chi connectivity index (χ3n) is 3.79. The fourth-order valence-corrected chi connectivity index (χ4v) is 2.80. The first-order valence-electron chi connectivity index (χ1n) is 6.98. The van der Waals surface area contributed by atoms with Gasteiger partial charge in [-0.15, -0.1) is 0 Å². The summed E-state index contributed by atoms with van der Waals surface area (Å²) >= 11 is 0. The molecule has 21 heavy (non-hydrogen) atoms. The van der Waals surface area contributed by atoms with E-state index >= 15 is 0 Å². The molecule has 5 nitrogen and oxygen atoms in total. The zero-order valence-electron chi connectivity index (χ0n) is 11.7. The van der Waals surface area contributed by atoms with Crippen molar-refractivity contribution >= 4 is 11.9 Å². The summed E-state index contributed by atoms with van der Waals surface area (Å²) in [6.07, 6.45) is 1.92. The van der Waals surface area contributed by atoms with E-state index in [2.05, 4.69) is 0 Å². The van der Waals surface area contributed by atoms with Gasteiger partial charge in [0, 0.05) is 30.6 Å².